The first kappa shape index (κ1) is 12.5. The number of carboxylic acids is 1. The molecule has 2 rings (SSSR count). The van der Waals surface area contributed by atoms with Crippen LogP contribution in [-0.4, -0.2) is 11.1 Å². The summed E-state index contributed by atoms with van der Waals surface area (Å²) in [5.74, 6) is -2.54. The summed E-state index contributed by atoms with van der Waals surface area (Å²) in [5, 5.41) is 9.14. The van der Waals surface area contributed by atoms with Crippen molar-refractivity contribution in [3.05, 3.63) is 58.6 Å². The average molecular weight is 269 g/mol. The van der Waals surface area contributed by atoms with E-state index in [0.29, 0.717) is 0 Å². The van der Waals surface area contributed by atoms with Gasteiger partial charge in [-0.3, -0.25) is 0 Å². The van der Waals surface area contributed by atoms with Gasteiger partial charge in [0.2, 0.25) is 0 Å². The second-order valence-corrected chi connectivity index (χ2v) is 4.09. The van der Waals surface area contributed by atoms with E-state index in [9.17, 15) is 13.6 Å². The molecule has 0 aliphatic carbocycles. The molecule has 0 radical (unpaired) electrons. The normalized spacial score (nSPS) is 10.4. The zero-order chi connectivity index (χ0) is 13.3. The van der Waals surface area contributed by atoms with Crippen LogP contribution >= 0.6 is 11.6 Å². The predicted molar refractivity (Wildman–Crippen MR) is 63.8 cm³/mol. The van der Waals surface area contributed by atoms with Crippen LogP contribution in [0, 0.1) is 11.6 Å². The van der Waals surface area contributed by atoms with E-state index in [-0.39, 0.29) is 21.7 Å². The molecular formula is C13H7ClF2O2. The number of carbonyl (C=O) groups is 1. The van der Waals surface area contributed by atoms with Crippen LogP contribution in [0.15, 0.2) is 36.4 Å². The minimum absolute atomic E-state index is 0.144. The van der Waals surface area contributed by atoms with Crippen LogP contribution in [0.4, 0.5) is 8.78 Å². The summed E-state index contributed by atoms with van der Waals surface area (Å²) in [7, 11) is 0. The molecule has 92 valence electrons. The first-order valence-corrected chi connectivity index (χ1v) is 5.34. The topological polar surface area (TPSA) is 37.3 Å². The maximum Gasteiger partial charge on any atom is 0.336 e. The highest BCUT2D eigenvalue weighted by Crippen LogP contribution is 2.28. The summed E-state index contributed by atoms with van der Waals surface area (Å²) >= 11 is 5.70. The van der Waals surface area contributed by atoms with Gasteiger partial charge in [0.15, 0.2) is 0 Å². The SMILES string of the molecule is O=C(O)c1cc(F)ccc1-c1cc(F)cc(Cl)c1. The second kappa shape index (κ2) is 4.74. The molecule has 18 heavy (non-hydrogen) atoms. The maximum absolute atomic E-state index is 13.2. The zero-order valence-electron chi connectivity index (χ0n) is 8.95. The molecule has 0 aliphatic rings. The zero-order valence-corrected chi connectivity index (χ0v) is 9.71. The van der Waals surface area contributed by atoms with Gasteiger partial charge in [0.1, 0.15) is 11.6 Å². The highest BCUT2D eigenvalue weighted by atomic mass is 35.5. The molecule has 0 fully saturated rings. The molecule has 0 aliphatic heterocycles. The van der Waals surface area contributed by atoms with E-state index in [2.05, 4.69) is 0 Å². The third-order valence-corrected chi connectivity index (χ3v) is 2.60. The molecule has 0 atom stereocenters. The summed E-state index contributed by atoms with van der Waals surface area (Å²) in [5.41, 5.74) is 0.263. The Labute approximate surface area is 106 Å². The number of carboxylic acid groups (broad SMARTS) is 1. The smallest absolute Gasteiger partial charge is 0.336 e. The van der Waals surface area contributed by atoms with Gasteiger partial charge in [-0.05, 0) is 41.5 Å². The van der Waals surface area contributed by atoms with Crippen molar-refractivity contribution < 1.29 is 18.7 Å². The van der Waals surface area contributed by atoms with E-state index >= 15 is 0 Å². The van der Waals surface area contributed by atoms with Gasteiger partial charge in [-0.1, -0.05) is 17.7 Å². The molecule has 0 saturated heterocycles. The first-order valence-electron chi connectivity index (χ1n) is 4.96. The van der Waals surface area contributed by atoms with Crippen molar-refractivity contribution in [2.24, 2.45) is 0 Å². The minimum Gasteiger partial charge on any atom is -0.478 e. The van der Waals surface area contributed by atoms with Crippen LogP contribution in [0.2, 0.25) is 5.02 Å². The van der Waals surface area contributed by atoms with Crippen LogP contribution < -0.4 is 0 Å². The fourth-order valence-electron chi connectivity index (χ4n) is 1.65. The molecule has 0 spiro atoms. The number of hydrogen-bond donors (Lipinski definition) is 1. The van der Waals surface area contributed by atoms with Crippen molar-refractivity contribution in [1.29, 1.82) is 0 Å². The number of rotatable bonds is 2. The van der Waals surface area contributed by atoms with E-state index in [4.69, 9.17) is 16.7 Å². The Kier molecular flexibility index (Phi) is 3.30. The molecule has 1 N–H and O–H groups in total. The van der Waals surface area contributed by atoms with Gasteiger partial charge in [-0.2, -0.15) is 0 Å². The summed E-state index contributed by atoms with van der Waals surface area (Å²) in [4.78, 5) is 11.0. The third-order valence-electron chi connectivity index (χ3n) is 2.39. The van der Waals surface area contributed by atoms with Crippen LogP contribution in [0.25, 0.3) is 11.1 Å². The van der Waals surface area contributed by atoms with E-state index < -0.39 is 17.6 Å². The molecule has 0 heterocycles. The Bertz CT molecular complexity index is 606. The highest BCUT2D eigenvalue weighted by molar-refractivity contribution is 6.30. The van der Waals surface area contributed by atoms with Crippen molar-refractivity contribution in [3.63, 3.8) is 0 Å². The quantitative estimate of drug-likeness (QED) is 0.894. The van der Waals surface area contributed by atoms with Crippen molar-refractivity contribution in [2.45, 2.75) is 0 Å². The van der Waals surface area contributed by atoms with Crippen molar-refractivity contribution in [2.75, 3.05) is 0 Å². The van der Waals surface area contributed by atoms with Gasteiger partial charge in [0.05, 0.1) is 5.56 Å². The maximum atomic E-state index is 13.2. The van der Waals surface area contributed by atoms with E-state index in [1.165, 1.54) is 12.1 Å². The molecule has 2 aromatic rings. The number of halogens is 3. The van der Waals surface area contributed by atoms with Crippen LogP contribution in [0.1, 0.15) is 10.4 Å². The van der Waals surface area contributed by atoms with E-state index in [1.54, 1.807) is 0 Å². The Balaban J connectivity index is 2.66. The Morgan fingerprint density at radius 1 is 1.06 bits per heavy atom. The van der Waals surface area contributed by atoms with Crippen molar-refractivity contribution >= 4 is 17.6 Å². The van der Waals surface area contributed by atoms with E-state index in [1.807, 2.05) is 0 Å². The van der Waals surface area contributed by atoms with Crippen molar-refractivity contribution in [3.8, 4) is 11.1 Å². The fraction of sp³-hybridized carbons (Fsp3) is 0. The lowest BCUT2D eigenvalue weighted by Gasteiger charge is -2.07. The lowest BCUT2D eigenvalue weighted by atomic mass is 9.99. The van der Waals surface area contributed by atoms with Gasteiger partial charge in [-0.25, -0.2) is 13.6 Å². The lowest BCUT2D eigenvalue weighted by Crippen LogP contribution is -2.00. The van der Waals surface area contributed by atoms with Gasteiger partial charge >= 0.3 is 5.97 Å². The van der Waals surface area contributed by atoms with Gasteiger partial charge in [-0.15, -0.1) is 0 Å². The average Bonchev–Trinajstić information content (AvgIpc) is 2.27. The Morgan fingerprint density at radius 3 is 2.39 bits per heavy atom. The van der Waals surface area contributed by atoms with Crippen molar-refractivity contribution in [1.82, 2.24) is 0 Å². The Hall–Kier alpha value is -1.94. The number of aromatic carboxylic acids is 1. The summed E-state index contributed by atoms with van der Waals surface area (Å²) in [6.07, 6.45) is 0. The number of hydrogen-bond acceptors (Lipinski definition) is 1. The standard InChI is InChI=1S/C13H7ClF2O2/c14-8-3-7(4-10(16)5-8)11-2-1-9(15)6-12(11)13(17)18/h1-6H,(H,17,18). The molecule has 5 heteroatoms. The van der Waals surface area contributed by atoms with Gasteiger partial charge in [0, 0.05) is 5.02 Å². The third kappa shape index (κ3) is 2.49. The van der Waals surface area contributed by atoms with Crippen LogP contribution in [0.5, 0.6) is 0 Å². The summed E-state index contributed by atoms with van der Waals surface area (Å²) in [6.45, 7) is 0. The molecule has 0 bridgehead atoms. The van der Waals surface area contributed by atoms with Gasteiger partial charge in [0.25, 0.3) is 0 Å². The summed E-state index contributed by atoms with van der Waals surface area (Å²) in [6, 6.07) is 6.95. The summed E-state index contributed by atoms with van der Waals surface area (Å²) < 4.78 is 26.2. The molecule has 0 unspecified atom stereocenters. The second-order valence-electron chi connectivity index (χ2n) is 3.65. The fourth-order valence-corrected chi connectivity index (χ4v) is 1.88. The molecular weight excluding hydrogens is 262 g/mol. The van der Waals surface area contributed by atoms with Crippen LogP contribution in [0.3, 0.4) is 0 Å². The molecule has 0 saturated carbocycles. The van der Waals surface area contributed by atoms with E-state index in [0.717, 1.165) is 24.3 Å². The molecule has 0 amide bonds. The first-order chi connectivity index (χ1) is 8.47. The lowest BCUT2D eigenvalue weighted by molar-refractivity contribution is 0.0697. The van der Waals surface area contributed by atoms with Crippen LogP contribution in [-0.2, 0) is 0 Å². The molecule has 0 aromatic heterocycles. The largest absolute Gasteiger partial charge is 0.478 e. The molecule has 2 aromatic carbocycles. The monoisotopic (exact) mass is 268 g/mol. The highest BCUT2D eigenvalue weighted by Gasteiger charge is 2.14. The number of benzene rings is 2. The molecule has 2 nitrogen and oxygen atoms in total. The predicted octanol–water partition coefficient (Wildman–Crippen LogP) is 3.98. The Morgan fingerprint density at radius 2 is 1.78 bits per heavy atom. The van der Waals surface area contributed by atoms with Gasteiger partial charge < -0.3 is 5.11 Å². The minimum atomic E-state index is -1.29.